The molecule has 0 radical (unpaired) electrons. The van der Waals surface area contributed by atoms with Gasteiger partial charge < -0.3 is 42.3 Å². The molecular formula is C46H74N2O11Si. The first-order valence-electron chi connectivity index (χ1n) is 21.5. The summed E-state index contributed by atoms with van der Waals surface area (Å²) in [6.07, 6.45) is 1.88. The molecule has 2 aromatic rings. The highest BCUT2D eigenvalue weighted by molar-refractivity contribution is 6.69. The molecule has 2 heterocycles. The quantitative estimate of drug-likeness (QED) is 0.0987. The lowest BCUT2D eigenvalue weighted by molar-refractivity contribution is -0.196. The lowest BCUT2D eigenvalue weighted by Crippen LogP contribution is -2.46. The van der Waals surface area contributed by atoms with E-state index in [1.54, 1.807) is 14.2 Å². The lowest BCUT2D eigenvalue weighted by Gasteiger charge is -2.41. The highest BCUT2D eigenvalue weighted by atomic mass is 28.4. The second kappa shape index (κ2) is 19.8. The molecule has 0 saturated carbocycles. The molecule has 60 heavy (non-hydrogen) atoms. The number of carbonyl (C=O) groups is 2. The number of hydrogen-bond donors (Lipinski definition) is 0. The third-order valence-corrected chi connectivity index (χ3v) is 11.8. The van der Waals surface area contributed by atoms with Crippen molar-refractivity contribution < 1.29 is 51.9 Å². The Morgan fingerprint density at radius 1 is 0.700 bits per heavy atom. The Morgan fingerprint density at radius 2 is 1.10 bits per heavy atom. The van der Waals surface area contributed by atoms with Gasteiger partial charge in [0.05, 0.1) is 64.3 Å². The third kappa shape index (κ3) is 13.1. The Balaban J connectivity index is 1.89. The van der Waals surface area contributed by atoms with Crippen molar-refractivity contribution in [1.29, 1.82) is 0 Å². The number of methoxy groups -OCH3 is 2. The molecule has 0 fully saturated rings. The first-order valence-corrected chi connectivity index (χ1v) is 24.9. The Morgan fingerprint density at radius 3 is 1.45 bits per heavy atom. The third-order valence-electron chi connectivity index (χ3n) is 10.7. The van der Waals surface area contributed by atoms with Crippen LogP contribution in [0.2, 0.25) is 19.6 Å². The van der Waals surface area contributed by atoms with Gasteiger partial charge in [-0.25, -0.2) is 0 Å². The summed E-state index contributed by atoms with van der Waals surface area (Å²) < 4.78 is 56.0. The van der Waals surface area contributed by atoms with E-state index in [-0.39, 0.29) is 37.7 Å². The molecule has 0 saturated heterocycles. The van der Waals surface area contributed by atoms with Crippen molar-refractivity contribution in [3.05, 3.63) is 46.5 Å². The zero-order valence-corrected chi connectivity index (χ0v) is 40.4. The number of nitrogens with zero attached hydrogens (tertiary/aromatic N) is 2. The Kier molecular flexibility index (Phi) is 16.2. The van der Waals surface area contributed by atoms with Crippen LogP contribution < -0.4 is 18.9 Å². The molecule has 2 aliphatic rings. The number of esters is 2. The predicted molar refractivity (Wildman–Crippen MR) is 234 cm³/mol. The molecule has 0 spiro atoms. The average Bonchev–Trinajstić information content (AvgIpc) is 3.14. The van der Waals surface area contributed by atoms with Gasteiger partial charge in [-0.1, -0.05) is 26.8 Å². The molecule has 4 unspecified atom stereocenters. The van der Waals surface area contributed by atoms with Crippen molar-refractivity contribution >= 4 is 20.3 Å². The molecule has 0 aliphatic carbocycles. The van der Waals surface area contributed by atoms with Crippen LogP contribution in [0.15, 0.2) is 24.3 Å². The van der Waals surface area contributed by atoms with E-state index < -0.39 is 37.1 Å². The summed E-state index contributed by atoms with van der Waals surface area (Å²) in [5.41, 5.74) is 1.96. The lowest BCUT2D eigenvalue weighted by atomic mass is 9.96. The van der Waals surface area contributed by atoms with Gasteiger partial charge in [0, 0.05) is 56.9 Å². The van der Waals surface area contributed by atoms with Crippen LogP contribution in [-0.2, 0) is 46.2 Å². The molecule has 4 atom stereocenters. The zero-order chi connectivity index (χ0) is 44.8. The molecule has 0 bridgehead atoms. The minimum Gasteiger partial charge on any atom is -0.496 e. The fourth-order valence-corrected chi connectivity index (χ4v) is 8.05. The van der Waals surface area contributed by atoms with Crippen molar-refractivity contribution in [1.82, 2.24) is 9.80 Å². The molecule has 14 heteroatoms. The van der Waals surface area contributed by atoms with Gasteiger partial charge in [0.15, 0.2) is 8.32 Å². The number of hydrogen-bond acceptors (Lipinski definition) is 13. The normalized spacial score (nSPS) is 20.4. The topological polar surface area (TPSA) is 124 Å². The average molecular weight is 859 g/mol. The molecule has 338 valence electrons. The molecule has 2 aromatic carbocycles. The minimum absolute atomic E-state index is 0.0122. The highest BCUT2D eigenvalue weighted by Crippen LogP contribution is 2.46. The van der Waals surface area contributed by atoms with E-state index in [0.717, 1.165) is 22.3 Å². The fraction of sp³-hybridized carbons (Fsp3) is 0.696. The van der Waals surface area contributed by atoms with E-state index in [9.17, 15) is 9.59 Å². The molecular weight excluding hydrogens is 785 g/mol. The summed E-state index contributed by atoms with van der Waals surface area (Å²) in [4.78, 5) is 32.0. The van der Waals surface area contributed by atoms with Gasteiger partial charge in [-0.05, 0) is 85.8 Å². The van der Waals surface area contributed by atoms with Gasteiger partial charge in [0.2, 0.25) is 11.6 Å². The highest BCUT2D eigenvalue weighted by Gasteiger charge is 2.40. The Bertz CT molecular complexity index is 1780. The summed E-state index contributed by atoms with van der Waals surface area (Å²) in [6.45, 7) is 29.2. The van der Waals surface area contributed by atoms with E-state index in [2.05, 4.69) is 36.4 Å². The standard InChI is InChI=1S/C46H74N2O11Si/c1-17-35(31-20-22-37(51-12)33-28-53-45(10,18-2)58-41(31)33)47(26-39(49)56-43(4,5)6)24-25-48(27-40(50)57-44(7,8)9)36(30-55-60(14,15)16)32-21-23-38(52-13)34-29-54-46(11,19-3)59-42(32)34/h20-23,35-36H,17-19,24-30H2,1-16H3. The van der Waals surface area contributed by atoms with Crippen molar-refractivity contribution in [2.75, 3.05) is 47.0 Å². The van der Waals surface area contributed by atoms with E-state index in [1.807, 2.05) is 93.5 Å². The number of fused-ring (bicyclic) bond motifs is 2. The molecule has 0 N–H and O–H groups in total. The largest absolute Gasteiger partial charge is 0.496 e. The van der Waals surface area contributed by atoms with Crippen LogP contribution in [0.3, 0.4) is 0 Å². The van der Waals surface area contributed by atoms with Gasteiger partial charge >= 0.3 is 11.9 Å². The number of carbonyl (C=O) groups excluding carboxylic acids is 2. The summed E-state index contributed by atoms with van der Waals surface area (Å²) in [6, 6.07) is 7.11. The molecule has 0 amide bonds. The van der Waals surface area contributed by atoms with Crippen LogP contribution in [0.5, 0.6) is 23.0 Å². The van der Waals surface area contributed by atoms with Gasteiger partial charge in [0.1, 0.15) is 34.2 Å². The SMILES string of the molecule is CCC(c1ccc(OC)c2c1OC(C)(CC)OC2)N(CCN(CC(=O)OC(C)(C)C)C(CO[Si](C)(C)C)c1ccc(OC)c2c1OC(C)(CC)OC2)CC(=O)OC(C)(C)C. The van der Waals surface area contributed by atoms with Crippen molar-refractivity contribution in [3.63, 3.8) is 0 Å². The summed E-state index contributed by atoms with van der Waals surface area (Å²) in [5, 5.41) is 0. The van der Waals surface area contributed by atoms with E-state index in [0.29, 0.717) is 68.6 Å². The monoisotopic (exact) mass is 859 g/mol. The first kappa shape index (κ1) is 49.3. The number of ether oxygens (including phenoxy) is 8. The zero-order valence-electron chi connectivity index (χ0n) is 39.4. The van der Waals surface area contributed by atoms with E-state index >= 15 is 0 Å². The smallest absolute Gasteiger partial charge is 0.320 e. The van der Waals surface area contributed by atoms with Crippen LogP contribution in [0.25, 0.3) is 0 Å². The fourth-order valence-electron chi connectivity index (χ4n) is 7.39. The summed E-state index contributed by atoms with van der Waals surface area (Å²) in [5.74, 6) is 0.223. The van der Waals surface area contributed by atoms with Crippen molar-refractivity contribution in [2.45, 2.75) is 163 Å². The van der Waals surface area contributed by atoms with Crippen LogP contribution in [0, 0.1) is 0 Å². The first-order chi connectivity index (χ1) is 27.9. The Labute approximate surface area is 360 Å². The van der Waals surface area contributed by atoms with E-state index in [4.69, 9.17) is 42.3 Å². The second-order valence-electron chi connectivity index (χ2n) is 19.1. The van der Waals surface area contributed by atoms with E-state index in [1.165, 1.54) is 0 Å². The maximum atomic E-state index is 14.0. The second-order valence-corrected chi connectivity index (χ2v) is 23.6. The maximum absolute atomic E-state index is 14.0. The van der Waals surface area contributed by atoms with Gasteiger partial charge in [-0.2, -0.15) is 0 Å². The Hall–Kier alpha value is -3.40. The molecule has 2 aliphatic heterocycles. The number of rotatable bonds is 19. The molecule has 4 rings (SSSR count). The van der Waals surface area contributed by atoms with Crippen LogP contribution >= 0.6 is 0 Å². The molecule has 0 aromatic heterocycles. The maximum Gasteiger partial charge on any atom is 0.320 e. The minimum atomic E-state index is -2.10. The van der Waals surface area contributed by atoms with Crippen molar-refractivity contribution in [3.8, 4) is 23.0 Å². The summed E-state index contributed by atoms with van der Waals surface area (Å²) in [7, 11) is 1.17. The van der Waals surface area contributed by atoms with Crippen LogP contribution in [0.4, 0.5) is 0 Å². The van der Waals surface area contributed by atoms with Gasteiger partial charge in [-0.15, -0.1) is 0 Å². The van der Waals surface area contributed by atoms with Crippen LogP contribution in [0.1, 0.15) is 130 Å². The van der Waals surface area contributed by atoms with Gasteiger partial charge in [-0.3, -0.25) is 19.4 Å². The van der Waals surface area contributed by atoms with Gasteiger partial charge in [0.25, 0.3) is 0 Å². The molecule has 13 nitrogen and oxygen atoms in total. The number of benzene rings is 2. The summed E-state index contributed by atoms with van der Waals surface area (Å²) >= 11 is 0. The van der Waals surface area contributed by atoms with Crippen molar-refractivity contribution in [2.24, 2.45) is 0 Å². The van der Waals surface area contributed by atoms with Crippen LogP contribution in [-0.4, -0.2) is 99.8 Å². The predicted octanol–water partition coefficient (Wildman–Crippen LogP) is 9.11.